The molecule has 2 aromatic heterocycles. The quantitative estimate of drug-likeness (QED) is 0.660. The average Bonchev–Trinajstić information content (AvgIpc) is 2.79. The molecule has 1 unspecified atom stereocenters. The highest BCUT2D eigenvalue weighted by molar-refractivity contribution is 7.10. The van der Waals surface area contributed by atoms with Gasteiger partial charge in [-0.3, -0.25) is 5.84 Å². The second kappa shape index (κ2) is 4.55. The van der Waals surface area contributed by atoms with Gasteiger partial charge in [-0.05, 0) is 35.2 Å². The summed E-state index contributed by atoms with van der Waals surface area (Å²) < 4.78 is 5.29. The molecule has 6 heteroatoms. The zero-order chi connectivity index (χ0) is 10.8. The number of rotatable bonds is 3. The van der Waals surface area contributed by atoms with E-state index in [-0.39, 0.29) is 6.04 Å². The Balaban J connectivity index is 2.36. The van der Waals surface area contributed by atoms with Gasteiger partial charge in [-0.2, -0.15) is 0 Å². The highest BCUT2D eigenvalue weighted by Crippen LogP contribution is 2.33. The minimum Gasteiger partial charge on any atom is -0.448 e. The van der Waals surface area contributed by atoms with E-state index in [1.165, 1.54) is 11.3 Å². The average molecular weight is 263 g/mol. The van der Waals surface area contributed by atoms with Crippen LogP contribution in [0.1, 0.15) is 16.7 Å². The van der Waals surface area contributed by atoms with Gasteiger partial charge in [-0.15, -0.1) is 11.3 Å². The molecule has 2 rings (SSSR count). The molecular weight excluding hydrogens is 255 g/mol. The largest absolute Gasteiger partial charge is 0.448 e. The summed E-state index contributed by atoms with van der Waals surface area (Å²) in [6.07, 6.45) is 0. The molecule has 0 aliphatic carbocycles. The maximum Gasteiger partial charge on any atom is 0.193 e. The molecule has 0 aromatic carbocycles. The zero-order valence-corrected chi connectivity index (χ0v) is 9.86. The predicted molar refractivity (Wildman–Crippen MR) is 62.2 cm³/mol. The summed E-state index contributed by atoms with van der Waals surface area (Å²) in [5.74, 6) is 6.11. The summed E-state index contributed by atoms with van der Waals surface area (Å²) in [4.78, 5) is 0.908. The van der Waals surface area contributed by atoms with Crippen molar-refractivity contribution < 1.29 is 4.42 Å². The number of nitrogens with one attached hydrogen (secondary N) is 1. The Bertz CT molecular complexity index is 454. The number of hydrazine groups is 1. The Morgan fingerprint density at radius 2 is 2.13 bits per heavy atom. The van der Waals surface area contributed by atoms with Crippen molar-refractivity contribution in [2.24, 2.45) is 5.84 Å². The first-order chi connectivity index (χ1) is 7.22. The van der Waals surface area contributed by atoms with E-state index in [1.54, 1.807) is 12.1 Å². The molecule has 0 bridgehead atoms. The van der Waals surface area contributed by atoms with Crippen LogP contribution in [0.2, 0.25) is 10.2 Å². The van der Waals surface area contributed by atoms with Crippen molar-refractivity contribution in [2.75, 3.05) is 0 Å². The molecular formula is C9H8Cl2N2OS. The van der Waals surface area contributed by atoms with E-state index >= 15 is 0 Å². The topological polar surface area (TPSA) is 51.2 Å². The maximum atomic E-state index is 6.01. The predicted octanol–water partition coefficient (Wildman–Crippen LogP) is 3.20. The van der Waals surface area contributed by atoms with Crippen molar-refractivity contribution in [1.29, 1.82) is 0 Å². The molecule has 0 amide bonds. The van der Waals surface area contributed by atoms with Gasteiger partial charge in [0, 0.05) is 4.88 Å². The van der Waals surface area contributed by atoms with Gasteiger partial charge in [-0.1, -0.05) is 11.6 Å². The number of furan rings is 1. The fraction of sp³-hybridized carbons (Fsp3) is 0.111. The second-order valence-electron chi connectivity index (χ2n) is 2.87. The summed E-state index contributed by atoms with van der Waals surface area (Å²) in [5, 5.41) is 2.89. The normalized spacial score (nSPS) is 13.0. The van der Waals surface area contributed by atoms with Crippen LogP contribution in [0.25, 0.3) is 0 Å². The lowest BCUT2D eigenvalue weighted by molar-refractivity contribution is 0.457. The van der Waals surface area contributed by atoms with Gasteiger partial charge in [0.2, 0.25) is 0 Å². The van der Waals surface area contributed by atoms with Crippen LogP contribution in [-0.2, 0) is 0 Å². The SMILES string of the molecule is NNC(c1ccc(Cl)o1)c1sccc1Cl. The van der Waals surface area contributed by atoms with Crippen LogP contribution in [0.5, 0.6) is 0 Å². The van der Waals surface area contributed by atoms with E-state index in [4.69, 9.17) is 33.5 Å². The van der Waals surface area contributed by atoms with Gasteiger partial charge in [0.25, 0.3) is 0 Å². The molecule has 3 nitrogen and oxygen atoms in total. The summed E-state index contributed by atoms with van der Waals surface area (Å²) in [7, 11) is 0. The van der Waals surface area contributed by atoms with E-state index in [1.807, 2.05) is 11.4 Å². The van der Waals surface area contributed by atoms with Crippen LogP contribution in [0.4, 0.5) is 0 Å². The standard InChI is InChI=1S/C9H8Cl2N2OS/c10-5-3-4-15-9(5)8(13-12)6-1-2-7(11)14-6/h1-4,8,13H,12H2. The van der Waals surface area contributed by atoms with Crippen LogP contribution >= 0.6 is 34.5 Å². The highest BCUT2D eigenvalue weighted by Gasteiger charge is 2.20. The summed E-state index contributed by atoms with van der Waals surface area (Å²) in [6, 6.07) is 4.99. The van der Waals surface area contributed by atoms with Gasteiger partial charge in [0.15, 0.2) is 5.22 Å². The van der Waals surface area contributed by atoms with Crippen molar-refractivity contribution in [3.05, 3.63) is 44.5 Å². The molecule has 80 valence electrons. The fourth-order valence-corrected chi connectivity index (χ4v) is 2.67. The first-order valence-corrected chi connectivity index (χ1v) is 5.80. The highest BCUT2D eigenvalue weighted by atomic mass is 35.5. The van der Waals surface area contributed by atoms with Crippen molar-refractivity contribution in [1.82, 2.24) is 5.43 Å². The van der Waals surface area contributed by atoms with Crippen LogP contribution < -0.4 is 11.3 Å². The van der Waals surface area contributed by atoms with Crippen molar-refractivity contribution >= 4 is 34.5 Å². The maximum absolute atomic E-state index is 6.01. The first kappa shape index (κ1) is 11.0. The van der Waals surface area contributed by atoms with E-state index in [0.717, 1.165) is 4.88 Å². The molecule has 1 atom stereocenters. The Morgan fingerprint density at radius 1 is 1.33 bits per heavy atom. The van der Waals surface area contributed by atoms with Gasteiger partial charge in [-0.25, -0.2) is 5.43 Å². The number of hydrogen-bond donors (Lipinski definition) is 2. The smallest absolute Gasteiger partial charge is 0.193 e. The Morgan fingerprint density at radius 3 is 2.60 bits per heavy atom. The zero-order valence-electron chi connectivity index (χ0n) is 7.54. The van der Waals surface area contributed by atoms with Gasteiger partial charge < -0.3 is 4.42 Å². The molecule has 15 heavy (non-hydrogen) atoms. The minimum atomic E-state index is -0.259. The third kappa shape index (κ3) is 2.19. The number of hydrogen-bond acceptors (Lipinski definition) is 4. The van der Waals surface area contributed by atoms with Crippen LogP contribution in [-0.4, -0.2) is 0 Å². The van der Waals surface area contributed by atoms with Crippen molar-refractivity contribution in [3.63, 3.8) is 0 Å². The van der Waals surface area contributed by atoms with Gasteiger partial charge >= 0.3 is 0 Å². The molecule has 2 heterocycles. The molecule has 2 aromatic rings. The molecule has 0 saturated heterocycles. The molecule has 0 aliphatic heterocycles. The molecule has 0 radical (unpaired) electrons. The van der Waals surface area contributed by atoms with Gasteiger partial charge in [0.1, 0.15) is 11.8 Å². The van der Waals surface area contributed by atoms with E-state index in [9.17, 15) is 0 Å². The first-order valence-electron chi connectivity index (χ1n) is 4.16. The minimum absolute atomic E-state index is 0.259. The molecule has 0 aliphatic rings. The third-order valence-corrected chi connectivity index (χ3v) is 3.58. The molecule has 0 fully saturated rings. The second-order valence-corrected chi connectivity index (χ2v) is 4.60. The van der Waals surface area contributed by atoms with Crippen molar-refractivity contribution in [2.45, 2.75) is 6.04 Å². The Hall–Kier alpha value is -0.520. The van der Waals surface area contributed by atoms with Crippen LogP contribution in [0, 0.1) is 0 Å². The number of nitrogens with two attached hydrogens (primary N) is 1. The van der Waals surface area contributed by atoms with E-state index in [2.05, 4.69) is 5.43 Å². The van der Waals surface area contributed by atoms with Crippen molar-refractivity contribution in [3.8, 4) is 0 Å². The van der Waals surface area contributed by atoms with Crippen LogP contribution in [0.15, 0.2) is 28.0 Å². The fourth-order valence-electron chi connectivity index (χ4n) is 1.28. The Labute approximate surface area is 101 Å². The Kier molecular flexibility index (Phi) is 3.33. The monoisotopic (exact) mass is 262 g/mol. The lowest BCUT2D eigenvalue weighted by Crippen LogP contribution is -2.28. The molecule has 0 spiro atoms. The lowest BCUT2D eigenvalue weighted by atomic mass is 10.2. The summed E-state index contributed by atoms with van der Waals surface area (Å²) >= 11 is 13.2. The summed E-state index contributed by atoms with van der Waals surface area (Å²) in [6.45, 7) is 0. The van der Waals surface area contributed by atoms with Crippen LogP contribution in [0.3, 0.4) is 0 Å². The number of halogens is 2. The number of thiophene rings is 1. The van der Waals surface area contributed by atoms with E-state index in [0.29, 0.717) is 16.0 Å². The lowest BCUT2D eigenvalue weighted by Gasteiger charge is -2.11. The molecule has 0 saturated carbocycles. The van der Waals surface area contributed by atoms with E-state index < -0.39 is 0 Å². The van der Waals surface area contributed by atoms with Gasteiger partial charge in [0.05, 0.1) is 5.02 Å². The molecule has 3 N–H and O–H groups in total. The third-order valence-electron chi connectivity index (χ3n) is 1.95. The summed E-state index contributed by atoms with van der Waals surface area (Å²) in [5.41, 5.74) is 2.65.